The van der Waals surface area contributed by atoms with E-state index < -0.39 is 0 Å². The van der Waals surface area contributed by atoms with Gasteiger partial charge in [-0.25, -0.2) is 4.98 Å². The smallest absolute Gasteiger partial charge is 0.231 e. The van der Waals surface area contributed by atoms with Crippen molar-refractivity contribution in [1.29, 1.82) is 0 Å². The van der Waals surface area contributed by atoms with Crippen LogP contribution in [0.3, 0.4) is 0 Å². The number of nitrogens with zero attached hydrogens (tertiary/aromatic N) is 3. The van der Waals surface area contributed by atoms with Crippen LogP contribution in [0.4, 0.5) is 0 Å². The summed E-state index contributed by atoms with van der Waals surface area (Å²) >= 11 is 0. The minimum Gasteiger partial charge on any atom is -0.493 e. The van der Waals surface area contributed by atoms with Crippen molar-refractivity contribution < 1.29 is 18.9 Å². The highest BCUT2D eigenvalue weighted by Crippen LogP contribution is 2.35. The Morgan fingerprint density at radius 3 is 2.53 bits per heavy atom. The molecule has 5 rings (SSSR count). The van der Waals surface area contributed by atoms with E-state index in [0.29, 0.717) is 6.54 Å². The molecule has 1 aliphatic heterocycles. The van der Waals surface area contributed by atoms with E-state index in [1.807, 2.05) is 30.5 Å². The van der Waals surface area contributed by atoms with Crippen LogP contribution >= 0.6 is 0 Å². The molecule has 0 fully saturated rings. The van der Waals surface area contributed by atoms with Crippen molar-refractivity contribution in [1.82, 2.24) is 14.5 Å². The van der Waals surface area contributed by atoms with E-state index in [2.05, 4.69) is 58.9 Å². The second kappa shape index (κ2) is 12.0. The number of rotatable bonds is 12. The Balaban J connectivity index is 1.49. The van der Waals surface area contributed by atoms with Crippen molar-refractivity contribution in [3.8, 4) is 34.4 Å². The van der Waals surface area contributed by atoms with Crippen LogP contribution in [-0.4, -0.2) is 35.5 Å². The Bertz CT molecular complexity index is 1350. The summed E-state index contributed by atoms with van der Waals surface area (Å²) in [6.07, 6.45) is 4.23. The zero-order chi connectivity index (χ0) is 26.3. The summed E-state index contributed by atoms with van der Waals surface area (Å²) in [5, 5.41) is 0. The van der Waals surface area contributed by atoms with Crippen molar-refractivity contribution in [3.63, 3.8) is 0 Å². The molecule has 1 aromatic heterocycles. The van der Waals surface area contributed by atoms with Gasteiger partial charge < -0.3 is 23.5 Å². The van der Waals surface area contributed by atoms with Gasteiger partial charge in [0.15, 0.2) is 23.0 Å². The molecular weight excluding hydrogens is 478 g/mol. The predicted molar refractivity (Wildman–Crippen MR) is 148 cm³/mol. The van der Waals surface area contributed by atoms with Crippen molar-refractivity contribution in [2.45, 2.75) is 45.9 Å². The lowest BCUT2D eigenvalue weighted by Gasteiger charge is -2.25. The Morgan fingerprint density at radius 1 is 0.895 bits per heavy atom. The Hall–Kier alpha value is -3.97. The first-order valence-electron chi connectivity index (χ1n) is 13.1. The third-order valence-electron chi connectivity index (χ3n) is 6.81. The summed E-state index contributed by atoms with van der Waals surface area (Å²) in [5.74, 6) is 4.08. The lowest BCUT2D eigenvalue weighted by molar-refractivity contribution is 0.174. The minimum absolute atomic E-state index is 0.266. The zero-order valence-electron chi connectivity index (χ0n) is 22.4. The molecule has 0 saturated heterocycles. The van der Waals surface area contributed by atoms with Gasteiger partial charge in [0.2, 0.25) is 6.79 Å². The van der Waals surface area contributed by atoms with E-state index in [1.54, 1.807) is 14.2 Å². The van der Waals surface area contributed by atoms with E-state index in [9.17, 15) is 0 Å². The van der Waals surface area contributed by atoms with Gasteiger partial charge in [0.25, 0.3) is 0 Å². The lowest BCUT2D eigenvalue weighted by atomic mass is 10.1. The molecule has 1 aliphatic rings. The van der Waals surface area contributed by atoms with Crippen LogP contribution in [0.1, 0.15) is 36.6 Å². The summed E-state index contributed by atoms with van der Waals surface area (Å²) in [4.78, 5) is 7.28. The van der Waals surface area contributed by atoms with E-state index in [4.69, 9.17) is 23.9 Å². The number of benzene rings is 3. The topological polar surface area (TPSA) is 58.0 Å². The molecule has 198 valence electrons. The maximum atomic E-state index is 5.76. The molecule has 3 aromatic carbocycles. The molecule has 0 atom stereocenters. The summed E-state index contributed by atoms with van der Waals surface area (Å²) in [5.41, 5.74) is 4.53. The van der Waals surface area contributed by atoms with Gasteiger partial charge in [-0.15, -0.1) is 0 Å². The van der Waals surface area contributed by atoms with Crippen LogP contribution < -0.4 is 18.9 Å². The number of hydrogen-bond donors (Lipinski definition) is 0. The minimum atomic E-state index is 0.266. The first-order chi connectivity index (χ1) is 18.7. The monoisotopic (exact) mass is 513 g/mol. The number of hydrogen-bond acceptors (Lipinski definition) is 6. The highest BCUT2D eigenvalue weighted by Gasteiger charge is 2.20. The fraction of sp³-hybridized carbons (Fsp3) is 0.323. The number of ether oxygens (including phenoxy) is 4. The van der Waals surface area contributed by atoms with Gasteiger partial charge in [-0.1, -0.05) is 61.9 Å². The van der Waals surface area contributed by atoms with Crippen molar-refractivity contribution in [2.24, 2.45) is 0 Å². The number of fused-ring (bicyclic) bond motifs is 1. The first-order valence-corrected chi connectivity index (χ1v) is 13.1. The van der Waals surface area contributed by atoms with Gasteiger partial charge >= 0.3 is 0 Å². The molecule has 4 aromatic rings. The highest BCUT2D eigenvalue weighted by molar-refractivity contribution is 5.56. The van der Waals surface area contributed by atoms with E-state index in [0.717, 1.165) is 78.0 Å². The van der Waals surface area contributed by atoms with Crippen molar-refractivity contribution in [2.75, 3.05) is 21.0 Å². The molecule has 0 unspecified atom stereocenters. The summed E-state index contributed by atoms with van der Waals surface area (Å²) in [6.45, 7) is 5.53. The number of para-hydroxylation sites is 1. The second-order valence-corrected chi connectivity index (χ2v) is 9.43. The fourth-order valence-corrected chi connectivity index (χ4v) is 4.93. The number of imidazole rings is 1. The number of aromatic nitrogens is 2. The molecule has 2 heterocycles. The second-order valence-electron chi connectivity index (χ2n) is 9.43. The molecule has 0 radical (unpaired) electrons. The first kappa shape index (κ1) is 25.7. The van der Waals surface area contributed by atoms with E-state index in [-0.39, 0.29) is 6.79 Å². The Labute approximate surface area is 224 Å². The average Bonchev–Trinajstić information content (AvgIpc) is 3.58. The Kier molecular flexibility index (Phi) is 8.14. The highest BCUT2D eigenvalue weighted by atomic mass is 16.7. The van der Waals surface area contributed by atoms with Gasteiger partial charge in [-0.2, -0.15) is 0 Å². The fourth-order valence-electron chi connectivity index (χ4n) is 4.93. The largest absolute Gasteiger partial charge is 0.493 e. The van der Waals surface area contributed by atoms with Gasteiger partial charge in [-0.3, -0.25) is 4.90 Å². The van der Waals surface area contributed by atoms with Gasteiger partial charge in [0.05, 0.1) is 26.1 Å². The van der Waals surface area contributed by atoms with Crippen LogP contribution in [-0.2, 0) is 26.2 Å². The molecule has 7 heteroatoms. The van der Waals surface area contributed by atoms with Crippen LogP contribution in [0.2, 0.25) is 0 Å². The molecule has 0 N–H and O–H groups in total. The van der Waals surface area contributed by atoms with Crippen molar-refractivity contribution in [3.05, 3.63) is 89.7 Å². The SMILES string of the molecule is CCCCn1c(CN(Cc2ccc3c(c2)OCO3)Cc2cccc(OC)c2OC)cnc1-c1ccccc1. The van der Waals surface area contributed by atoms with Crippen LogP contribution in [0.25, 0.3) is 11.4 Å². The van der Waals surface area contributed by atoms with Crippen LogP contribution in [0.15, 0.2) is 72.9 Å². The summed E-state index contributed by atoms with van der Waals surface area (Å²) in [6, 6.07) is 22.6. The third-order valence-corrected chi connectivity index (χ3v) is 6.81. The molecular formula is C31H35N3O4. The van der Waals surface area contributed by atoms with Gasteiger partial charge in [0.1, 0.15) is 5.82 Å². The third kappa shape index (κ3) is 5.63. The van der Waals surface area contributed by atoms with Gasteiger partial charge in [-0.05, 0) is 30.2 Å². The molecule has 0 spiro atoms. The summed E-state index contributed by atoms with van der Waals surface area (Å²) in [7, 11) is 3.36. The normalized spacial score (nSPS) is 12.2. The van der Waals surface area contributed by atoms with E-state index >= 15 is 0 Å². The van der Waals surface area contributed by atoms with Crippen LogP contribution in [0.5, 0.6) is 23.0 Å². The van der Waals surface area contributed by atoms with Crippen LogP contribution in [0, 0.1) is 0 Å². The predicted octanol–water partition coefficient (Wildman–Crippen LogP) is 6.30. The standard InChI is InChI=1S/C31H35N3O4/c1-4-5-16-34-26(18-32-31(34)24-10-7-6-8-11-24)21-33(19-23-14-15-27-29(17-23)38-22-37-27)20-25-12-9-13-28(35-2)30(25)36-3/h6-15,17-18H,4-5,16,19-22H2,1-3H3. The number of unbranched alkanes of at least 4 members (excludes halogenated alkanes) is 1. The molecule has 0 bridgehead atoms. The van der Waals surface area contributed by atoms with Crippen molar-refractivity contribution >= 4 is 0 Å². The molecule has 0 amide bonds. The zero-order valence-corrected chi connectivity index (χ0v) is 22.4. The number of methoxy groups -OCH3 is 2. The lowest BCUT2D eigenvalue weighted by Crippen LogP contribution is -2.24. The van der Waals surface area contributed by atoms with Gasteiger partial charge in [0, 0.05) is 37.3 Å². The quantitative estimate of drug-likeness (QED) is 0.222. The molecule has 0 saturated carbocycles. The maximum absolute atomic E-state index is 5.76. The average molecular weight is 514 g/mol. The molecule has 38 heavy (non-hydrogen) atoms. The van der Waals surface area contributed by atoms with E-state index in [1.165, 1.54) is 5.69 Å². The Morgan fingerprint density at radius 2 is 1.74 bits per heavy atom. The maximum Gasteiger partial charge on any atom is 0.231 e. The molecule has 7 nitrogen and oxygen atoms in total. The summed E-state index contributed by atoms with van der Waals surface area (Å²) < 4.78 is 24.9. The molecule has 0 aliphatic carbocycles.